The van der Waals surface area contributed by atoms with Gasteiger partial charge in [0, 0.05) is 30.6 Å². The van der Waals surface area contributed by atoms with Crippen LogP contribution in [0.1, 0.15) is 66.7 Å². The van der Waals surface area contributed by atoms with Crippen LogP contribution < -0.4 is 16.0 Å². The number of carbonyl (C=O) groups excluding carboxylic acids is 3. The first-order valence-electron chi connectivity index (χ1n) is 16.8. The highest BCUT2D eigenvalue weighted by molar-refractivity contribution is 7.09. The molecule has 2 aromatic heterocycles. The van der Waals surface area contributed by atoms with E-state index in [1.807, 2.05) is 79.9 Å². The number of nitrogens with one attached hydrogen (secondary N) is 3. The summed E-state index contributed by atoms with van der Waals surface area (Å²) in [7, 11) is 1.68. The van der Waals surface area contributed by atoms with Crippen molar-refractivity contribution in [2.75, 3.05) is 7.05 Å². The summed E-state index contributed by atoms with van der Waals surface area (Å²) in [6.07, 6.45) is 0.836. The fourth-order valence-corrected chi connectivity index (χ4v) is 6.72. The third-order valence-electron chi connectivity index (χ3n) is 8.13. The lowest BCUT2D eigenvalue weighted by molar-refractivity contribution is -0.124. The van der Waals surface area contributed by atoms with E-state index in [9.17, 15) is 19.5 Å². The molecule has 0 aliphatic rings. The third kappa shape index (κ3) is 12.2. The van der Waals surface area contributed by atoms with E-state index in [2.05, 4.69) is 39.8 Å². The zero-order chi connectivity index (χ0) is 36.0. The van der Waals surface area contributed by atoms with Gasteiger partial charge in [0.25, 0.3) is 0 Å². The summed E-state index contributed by atoms with van der Waals surface area (Å²) in [6, 6.07) is 16.8. The second-order valence-electron chi connectivity index (χ2n) is 13.0. The number of aliphatic hydroxyl groups is 1. The third-order valence-corrected chi connectivity index (χ3v) is 10.1. The number of aromatic nitrogens is 2. The number of carbonyl (C=O) groups is 3. The quantitative estimate of drug-likeness (QED) is 0.106. The number of amides is 4. The van der Waals surface area contributed by atoms with Gasteiger partial charge in [-0.1, -0.05) is 88.4 Å². The monoisotopic (exact) mass is 720 g/mol. The molecule has 0 aliphatic carbocycles. The summed E-state index contributed by atoms with van der Waals surface area (Å²) in [5.74, 6) is -0.277. The van der Waals surface area contributed by atoms with Crippen molar-refractivity contribution in [1.29, 1.82) is 0 Å². The van der Waals surface area contributed by atoms with Gasteiger partial charge < -0.3 is 30.7 Å². The lowest BCUT2D eigenvalue weighted by Crippen LogP contribution is -2.55. The number of rotatable bonds is 17. The summed E-state index contributed by atoms with van der Waals surface area (Å²) in [4.78, 5) is 51.0. The van der Waals surface area contributed by atoms with Crippen molar-refractivity contribution in [2.24, 2.45) is 5.92 Å². The Kier molecular flexibility index (Phi) is 14.7. The van der Waals surface area contributed by atoms with E-state index in [-0.39, 0.29) is 30.9 Å². The zero-order valence-corrected chi connectivity index (χ0v) is 30.9. The number of ether oxygens (including phenoxy) is 1. The second kappa shape index (κ2) is 19.2. The summed E-state index contributed by atoms with van der Waals surface area (Å²) in [5.41, 5.74) is 4.35. The number of aliphatic hydroxyl groups excluding tert-OH is 1. The van der Waals surface area contributed by atoms with Crippen LogP contribution in [0.15, 0.2) is 77.8 Å². The first-order chi connectivity index (χ1) is 24.0. The maximum Gasteiger partial charge on any atom is 0.407 e. The lowest BCUT2D eigenvalue weighted by atomic mass is 9.93. The minimum Gasteiger partial charge on any atom is -0.444 e. The molecule has 0 saturated heterocycles. The second-order valence-corrected chi connectivity index (χ2v) is 14.9. The minimum atomic E-state index is -1.05. The number of nitrogens with zero attached hydrogens (tertiary/aromatic N) is 3. The van der Waals surface area contributed by atoms with Crippen LogP contribution in [-0.4, -0.2) is 69.3 Å². The molecule has 50 heavy (non-hydrogen) atoms. The molecular weight excluding hydrogens is 673 g/mol. The van der Waals surface area contributed by atoms with Crippen LogP contribution in [0.4, 0.5) is 9.59 Å². The molecule has 0 radical (unpaired) electrons. The topological polar surface area (TPSA) is 146 Å². The molecule has 0 bridgehead atoms. The molecule has 4 rings (SSSR count). The minimum absolute atomic E-state index is 0.0671. The van der Waals surface area contributed by atoms with Gasteiger partial charge in [-0.05, 0) is 36.3 Å². The van der Waals surface area contributed by atoms with E-state index < -0.39 is 30.3 Å². The number of thiazole rings is 2. The van der Waals surface area contributed by atoms with E-state index in [4.69, 9.17) is 4.74 Å². The van der Waals surface area contributed by atoms with Crippen molar-refractivity contribution < 1.29 is 24.2 Å². The fourth-order valence-electron chi connectivity index (χ4n) is 5.39. The predicted molar refractivity (Wildman–Crippen MR) is 197 cm³/mol. The molecule has 4 amide bonds. The van der Waals surface area contributed by atoms with Crippen molar-refractivity contribution in [1.82, 2.24) is 30.8 Å². The zero-order valence-electron chi connectivity index (χ0n) is 29.2. The Balaban J connectivity index is 1.46. The Bertz CT molecular complexity index is 1620. The average Bonchev–Trinajstić information content (AvgIpc) is 3.79. The molecule has 2 aromatic carbocycles. The van der Waals surface area contributed by atoms with Crippen LogP contribution in [0.5, 0.6) is 0 Å². The molecular formula is C37H48N6O5S2. The molecule has 0 spiro atoms. The molecule has 0 fully saturated rings. The maximum absolute atomic E-state index is 13.9. The average molecular weight is 721 g/mol. The Morgan fingerprint density at radius 3 is 2.14 bits per heavy atom. The van der Waals surface area contributed by atoms with Gasteiger partial charge in [-0.3, -0.25) is 9.78 Å². The summed E-state index contributed by atoms with van der Waals surface area (Å²) in [5, 5.41) is 23.5. The molecule has 2 heterocycles. The Hall–Kier alpha value is -4.33. The van der Waals surface area contributed by atoms with Gasteiger partial charge in [0.15, 0.2) is 0 Å². The summed E-state index contributed by atoms with van der Waals surface area (Å²) in [6.45, 7) is 8.28. The van der Waals surface area contributed by atoms with Gasteiger partial charge in [0.2, 0.25) is 5.91 Å². The molecule has 0 saturated carbocycles. The molecule has 13 heteroatoms. The molecule has 268 valence electrons. The normalized spacial score (nSPS) is 13.7. The standard InChI is InChI=1S/C37H48N6O5S2/c1-24(2)33(42-36(46)43(5)20-29-22-49-35(40-29)25(3)4)34(45)39-28(16-26-12-8-6-9-13-26)18-32(44)31(17-27-14-10-7-11-15-27)41-37(47)48-21-30-19-38-23-50-30/h6-15,19,22-25,28,31-33,44H,16-18,20-21H2,1-5H3,(H,39,45)(H,41,47)(H,42,46). The summed E-state index contributed by atoms with van der Waals surface area (Å²) < 4.78 is 5.42. The van der Waals surface area contributed by atoms with Gasteiger partial charge in [-0.2, -0.15) is 0 Å². The first kappa shape index (κ1) is 38.5. The van der Waals surface area contributed by atoms with Crippen LogP contribution in [0.3, 0.4) is 0 Å². The van der Waals surface area contributed by atoms with Gasteiger partial charge in [0.05, 0.1) is 39.8 Å². The van der Waals surface area contributed by atoms with Crippen LogP contribution in [0.2, 0.25) is 0 Å². The number of alkyl carbamates (subject to hydrolysis) is 1. The molecule has 11 nitrogen and oxygen atoms in total. The van der Waals surface area contributed by atoms with Crippen LogP contribution in [0, 0.1) is 5.92 Å². The molecule has 4 atom stereocenters. The van der Waals surface area contributed by atoms with Crippen molar-refractivity contribution >= 4 is 40.7 Å². The van der Waals surface area contributed by atoms with Crippen molar-refractivity contribution in [2.45, 2.75) is 90.3 Å². The van der Waals surface area contributed by atoms with E-state index in [0.29, 0.717) is 25.3 Å². The molecule has 4 aromatic rings. The van der Waals surface area contributed by atoms with Crippen LogP contribution in [-0.2, 0) is 35.5 Å². The highest BCUT2D eigenvalue weighted by atomic mass is 32.1. The van der Waals surface area contributed by atoms with Gasteiger partial charge in [0.1, 0.15) is 12.6 Å². The number of hydrogen-bond acceptors (Lipinski definition) is 9. The van der Waals surface area contributed by atoms with E-state index in [1.54, 1.807) is 30.1 Å². The smallest absolute Gasteiger partial charge is 0.407 e. The number of urea groups is 1. The first-order valence-corrected chi connectivity index (χ1v) is 18.6. The van der Waals surface area contributed by atoms with Crippen LogP contribution in [0.25, 0.3) is 0 Å². The highest BCUT2D eigenvalue weighted by Crippen LogP contribution is 2.20. The Morgan fingerprint density at radius 2 is 1.56 bits per heavy atom. The van der Waals surface area contributed by atoms with E-state index >= 15 is 0 Å². The molecule has 4 N–H and O–H groups in total. The molecule has 4 unspecified atom stereocenters. The SMILES string of the molecule is CC(C)c1nc(CN(C)C(=O)NC(C(=O)NC(Cc2ccccc2)CC(O)C(Cc2ccccc2)NC(=O)OCc2cncs2)C(C)C)cs1. The van der Waals surface area contributed by atoms with E-state index in [1.165, 1.54) is 16.2 Å². The van der Waals surface area contributed by atoms with E-state index in [0.717, 1.165) is 26.7 Å². The fraction of sp³-hybridized carbons (Fsp3) is 0.432. The summed E-state index contributed by atoms with van der Waals surface area (Å²) >= 11 is 2.95. The molecule has 0 aliphatic heterocycles. The largest absolute Gasteiger partial charge is 0.444 e. The van der Waals surface area contributed by atoms with Crippen LogP contribution >= 0.6 is 22.7 Å². The van der Waals surface area contributed by atoms with Crippen molar-refractivity contribution in [3.05, 3.63) is 104 Å². The highest BCUT2D eigenvalue weighted by Gasteiger charge is 2.31. The predicted octanol–water partition coefficient (Wildman–Crippen LogP) is 5.91. The number of hydrogen-bond donors (Lipinski definition) is 4. The van der Waals surface area contributed by atoms with Gasteiger partial charge >= 0.3 is 12.1 Å². The Morgan fingerprint density at radius 1 is 0.900 bits per heavy atom. The van der Waals surface area contributed by atoms with Gasteiger partial charge in [-0.25, -0.2) is 14.6 Å². The lowest BCUT2D eigenvalue weighted by Gasteiger charge is -2.30. The van der Waals surface area contributed by atoms with Crippen molar-refractivity contribution in [3.63, 3.8) is 0 Å². The van der Waals surface area contributed by atoms with Gasteiger partial charge in [-0.15, -0.1) is 22.7 Å². The Labute approximate surface area is 302 Å². The van der Waals surface area contributed by atoms with Crippen molar-refractivity contribution in [3.8, 4) is 0 Å². The maximum atomic E-state index is 13.9. The number of benzene rings is 2.